The smallest absolute Gasteiger partial charge is 0.356 e. The first-order valence-electron chi connectivity index (χ1n) is 6.71. The van der Waals surface area contributed by atoms with Crippen molar-refractivity contribution in [3.63, 3.8) is 0 Å². The van der Waals surface area contributed by atoms with E-state index in [4.69, 9.17) is 5.11 Å². The van der Waals surface area contributed by atoms with E-state index in [1.165, 1.54) is 6.33 Å². The van der Waals surface area contributed by atoms with Crippen LogP contribution in [0.1, 0.15) is 51.9 Å². The van der Waals surface area contributed by atoms with Gasteiger partial charge in [0.15, 0.2) is 5.69 Å². The summed E-state index contributed by atoms with van der Waals surface area (Å²) < 4.78 is 1.67. The van der Waals surface area contributed by atoms with Gasteiger partial charge < -0.3 is 10.4 Å². The van der Waals surface area contributed by atoms with Crippen molar-refractivity contribution in [1.82, 2.24) is 14.9 Å². The van der Waals surface area contributed by atoms with Gasteiger partial charge in [-0.3, -0.25) is 9.36 Å². The van der Waals surface area contributed by atoms with Crippen LogP contribution in [-0.4, -0.2) is 26.5 Å². The van der Waals surface area contributed by atoms with Gasteiger partial charge >= 0.3 is 5.97 Å². The number of amides is 1. The maximum atomic E-state index is 12.2. The van der Waals surface area contributed by atoms with Crippen LogP contribution in [0.15, 0.2) is 24.5 Å². The van der Waals surface area contributed by atoms with Crippen LogP contribution in [0, 0.1) is 0 Å². The lowest BCUT2D eigenvalue weighted by Crippen LogP contribution is -2.22. The Kier molecular flexibility index (Phi) is 3.01. The molecular formula is C15H15N3O3. The summed E-state index contributed by atoms with van der Waals surface area (Å²) >= 11 is 0. The number of benzene rings is 1. The number of hydrogen-bond acceptors (Lipinski definition) is 3. The van der Waals surface area contributed by atoms with Crippen LogP contribution in [0.4, 0.5) is 0 Å². The summed E-state index contributed by atoms with van der Waals surface area (Å²) in [5, 5.41) is 11.9. The third-order valence-corrected chi connectivity index (χ3v) is 3.68. The van der Waals surface area contributed by atoms with E-state index in [-0.39, 0.29) is 18.1 Å². The highest BCUT2D eigenvalue weighted by molar-refractivity contribution is 5.99. The highest BCUT2D eigenvalue weighted by atomic mass is 16.4. The number of imidazole rings is 1. The Morgan fingerprint density at radius 1 is 1.43 bits per heavy atom. The molecule has 0 saturated carbocycles. The van der Waals surface area contributed by atoms with Crippen molar-refractivity contribution in [3.05, 3.63) is 47.0 Å². The second-order valence-electron chi connectivity index (χ2n) is 5.33. The first-order chi connectivity index (χ1) is 9.99. The van der Waals surface area contributed by atoms with Crippen LogP contribution in [-0.2, 0) is 6.54 Å². The van der Waals surface area contributed by atoms with E-state index in [1.807, 2.05) is 18.2 Å². The summed E-state index contributed by atoms with van der Waals surface area (Å²) in [5.74, 6) is -0.990. The van der Waals surface area contributed by atoms with Crippen molar-refractivity contribution in [3.8, 4) is 5.69 Å². The molecule has 0 aliphatic carbocycles. The van der Waals surface area contributed by atoms with Crippen molar-refractivity contribution < 1.29 is 14.7 Å². The lowest BCUT2D eigenvalue weighted by molar-refractivity contribution is 0.0688. The van der Waals surface area contributed by atoms with Gasteiger partial charge in [-0.2, -0.15) is 0 Å². The molecule has 0 bridgehead atoms. The van der Waals surface area contributed by atoms with Crippen LogP contribution < -0.4 is 5.32 Å². The summed E-state index contributed by atoms with van der Waals surface area (Å²) in [7, 11) is 0. The van der Waals surface area contributed by atoms with Gasteiger partial charge in [-0.05, 0) is 23.6 Å². The molecule has 2 heterocycles. The van der Waals surface area contributed by atoms with E-state index in [0.29, 0.717) is 22.9 Å². The zero-order valence-corrected chi connectivity index (χ0v) is 11.8. The molecule has 1 aromatic carbocycles. The zero-order valence-electron chi connectivity index (χ0n) is 11.8. The van der Waals surface area contributed by atoms with Crippen LogP contribution in [0.3, 0.4) is 0 Å². The summed E-state index contributed by atoms with van der Waals surface area (Å²) in [6.07, 6.45) is 1.45. The number of rotatable bonds is 2. The van der Waals surface area contributed by atoms with Crippen molar-refractivity contribution in [2.75, 3.05) is 0 Å². The molecule has 2 N–H and O–H groups in total. The lowest BCUT2D eigenvalue weighted by Gasteiger charge is -2.11. The monoisotopic (exact) mass is 285 g/mol. The number of fused-ring (bicyclic) bond motifs is 3. The summed E-state index contributed by atoms with van der Waals surface area (Å²) in [5.41, 5.74) is 2.70. The Labute approximate surface area is 121 Å². The molecule has 1 aliphatic rings. The second-order valence-corrected chi connectivity index (χ2v) is 5.33. The first-order valence-corrected chi connectivity index (χ1v) is 6.71. The van der Waals surface area contributed by atoms with Gasteiger partial charge in [0.25, 0.3) is 5.91 Å². The van der Waals surface area contributed by atoms with Crippen molar-refractivity contribution in [2.24, 2.45) is 0 Å². The van der Waals surface area contributed by atoms with Gasteiger partial charge in [0.2, 0.25) is 0 Å². The standard InChI is InChI=1S/C15H15N3O3/c1-8(2)9-3-4-11-10(5-9)14(19)16-6-12-13(15(20)21)17-7-18(11)12/h3-5,7-8H,6H2,1-2H3,(H,16,19)(H,20,21). The second kappa shape index (κ2) is 4.73. The van der Waals surface area contributed by atoms with Gasteiger partial charge in [-0.25, -0.2) is 9.78 Å². The maximum Gasteiger partial charge on any atom is 0.356 e. The molecule has 6 nitrogen and oxygen atoms in total. The zero-order chi connectivity index (χ0) is 15.1. The highest BCUT2D eigenvalue weighted by Crippen LogP contribution is 2.26. The minimum absolute atomic E-state index is 0.0314. The number of nitrogens with zero attached hydrogens (tertiary/aromatic N) is 2. The van der Waals surface area contributed by atoms with Crippen molar-refractivity contribution in [1.29, 1.82) is 0 Å². The minimum atomic E-state index is -1.10. The highest BCUT2D eigenvalue weighted by Gasteiger charge is 2.25. The van der Waals surface area contributed by atoms with E-state index in [9.17, 15) is 9.59 Å². The molecule has 0 atom stereocenters. The van der Waals surface area contributed by atoms with Gasteiger partial charge in [0.05, 0.1) is 23.5 Å². The summed E-state index contributed by atoms with van der Waals surface area (Å²) in [6, 6.07) is 5.64. The number of nitrogens with one attached hydrogen (secondary N) is 1. The fourth-order valence-corrected chi connectivity index (χ4v) is 2.49. The predicted octanol–water partition coefficient (Wildman–Crippen LogP) is 1.94. The molecule has 0 unspecified atom stereocenters. The molecule has 0 spiro atoms. The quantitative estimate of drug-likeness (QED) is 0.883. The van der Waals surface area contributed by atoms with Crippen molar-refractivity contribution >= 4 is 11.9 Å². The topological polar surface area (TPSA) is 84.2 Å². The molecule has 0 saturated heterocycles. The molecule has 1 amide bonds. The van der Waals surface area contributed by atoms with E-state index in [1.54, 1.807) is 4.57 Å². The van der Waals surface area contributed by atoms with E-state index < -0.39 is 5.97 Å². The molecule has 6 heteroatoms. The fraction of sp³-hybridized carbons (Fsp3) is 0.267. The summed E-state index contributed by atoms with van der Waals surface area (Å²) in [4.78, 5) is 27.4. The average molecular weight is 285 g/mol. The Morgan fingerprint density at radius 2 is 2.19 bits per heavy atom. The lowest BCUT2D eigenvalue weighted by atomic mass is 9.99. The number of carbonyl (C=O) groups excluding carboxylic acids is 1. The maximum absolute atomic E-state index is 12.2. The molecule has 0 radical (unpaired) electrons. The third kappa shape index (κ3) is 2.08. The molecule has 2 aromatic rings. The van der Waals surface area contributed by atoms with E-state index >= 15 is 0 Å². The number of carbonyl (C=O) groups is 2. The van der Waals surface area contributed by atoms with Crippen LogP contribution in [0.2, 0.25) is 0 Å². The fourth-order valence-electron chi connectivity index (χ4n) is 2.49. The molecule has 0 fully saturated rings. The number of aromatic nitrogens is 2. The summed E-state index contributed by atoms with van der Waals surface area (Å²) in [6.45, 7) is 4.26. The molecule has 1 aromatic heterocycles. The molecule has 21 heavy (non-hydrogen) atoms. The Morgan fingerprint density at radius 3 is 2.86 bits per heavy atom. The number of aromatic carboxylic acids is 1. The third-order valence-electron chi connectivity index (χ3n) is 3.68. The van der Waals surface area contributed by atoms with Crippen LogP contribution >= 0.6 is 0 Å². The Bertz CT molecular complexity index is 747. The van der Waals surface area contributed by atoms with Crippen LogP contribution in [0.25, 0.3) is 5.69 Å². The number of hydrogen-bond donors (Lipinski definition) is 2. The van der Waals surface area contributed by atoms with Gasteiger partial charge in [0, 0.05) is 0 Å². The Balaban J connectivity index is 2.22. The molecular weight excluding hydrogens is 270 g/mol. The largest absolute Gasteiger partial charge is 0.476 e. The van der Waals surface area contributed by atoms with Crippen LogP contribution in [0.5, 0.6) is 0 Å². The first kappa shape index (κ1) is 13.4. The molecule has 1 aliphatic heterocycles. The predicted molar refractivity (Wildman–Crippen MR) is 75.8 cm³/mol. The molecule has 3 rings (SSSR count). The van der Waals surface area contributed by atoms with Crippen molar-refractivity contribution in [2.45, 2.75) is 26.3 Å². The average Bonchev–Trinajstić information content (AvgIpc) is 2.82. The van der Waals surface area contributed by atoms with E-state index in [2.05, 4.69) is 24.1 Å². The normalized spacial score (nSPS) is 13.4. The molecule has 108 valence electrons. The SMILES string of the molecule is CC(C)c1ccc2c(c1)C(=O)NCc1c(C(=O)O)ncn1-2. The number of carboxylic acids is 1. The Hall–Kier alpha value is -2.63. The van der Waals surface area contributed by atoms with E-state index in [0.717, 1.165) is 5.56 Å². The van der Waals surface area contributed by atoms with Gasteiger partial charge in [0.1, 0.15) is 6.33 Å². The van der Waals surface area contributed by atoms with Gasteiger partial charge in [-0.15, -0.1) is 0 Å². The number of carboxylic acid groups (broad SMARTS) is 1. The van der Waals surface area contributed by atoms with Gasteiger partial charge in [-0.1, -0.05) is 19.9 Å². The minimum Gasteiger partial charge on any atom is -0.476 e.